The van der Waals surface area contributed by atoms with Gasteiger partial charge in [0.05, 0.1) is 13.2 Å². The van der Waals surface area contributed by atoms with Crippen LogP contribution in [-0.2, 0) is 11.2 Å². The highest BCUT2D eigenvalue weighted by atomic mass is 19.1. The molecule has 0 N–H and O–H groups in total. The number of benzene rings is 1. The molecule has 1 atom stereocenters. The van der Waals surface area contributed by atoms with Gasteiger partial charge in [-0.05, 0) is 36.2 Å². The molecule has 1 saturated heterocycles. The summed E-state index contributed by atoms with van der Waals surface area (Å²) < 4.78 is 18.6. The lowest BCUT2D eigenvalue weighted by Gasteiger charge is -2.23. The van der Waals surface area contributed by atoms with Crippen LogP contribution in [0.4, 0.5) is 4.39 Å². The average Bonchev–Trinajstić information content (AvgIpc) is 2.81. The molecule has 1 aliphatic heterocycles. The number of hydrogen-bond acceptors (Lipinski definition) is 4. The Labute approximate surface area is 134 Å². The number of nitrogens with zero attached hydrogens (tertiary/aromatic N) is 3. The molecular weight excluding hydrogens is 297 g/mol. The second-order valence-corrected chi connectivity index (χ2v) is 5.65. The van der Waals surface area contributed by atoms with Crippen LogP contribution in [0.1, 0.15) is 15.9 Å². The maximum absolute atomic E-state index is 13.0. The first-order chi connectivity index (χ1) is 11.2. The number of halogens is 1. The van der Waals surface area contributed by atoms with E-state index in [0.29, 0.717) is 31.9 Å². The predicted molar refractivity (Wildman–Crippen MR) is 82.3 cm³/mol. The third kappa shape index (κ3) is 4.10. The van der Waals surface area contributed by atoms with Crippen LogP contribution in [0.2, 0.25) is 0 Å². The van der Waals surface area contributed by atoms with Crippen molar-refractivity contribution in [3.05, 3.63) is 59.9 Å². The van der Waals surface area contributed by atoms with Gasteiger partial charge in [-0.3, -0.25) is 4.79 Å². The van der Waals surface area contributed by atoms with Crippen LogP contribution in [0.3, 0.4) is 0 Å². The van der Waals surface area contributed by atoms with Crippen LogP contribution in [0, 0.1) is 11.7 Å². The first-order valence-electron chi connectivity index (χ1n) is 7.59. The minimum atomic E-state index is -0.345. The molecule has 0 aliphatic carbocycles. The minimum absolute atomic E-state index is 0.0928. The van der Waals surface area contributed by atoms with Crippen LogP contribution >= 0.6 is 0 Å². The summed E-state index contributed by atoms with van der Waals surface area (Å²) in [5, 5.41) is 0. The lowest BCUT2D eigenvalue weighted by atomic mass is 10.0. The molecule has 6 heteroatoms. The quantitative estimate of drug-likeness (QED) is 0.869. The van der Waals surface area contributed by atoms with Crippen molar-refractivity contribution in [3.8, 4) is 0 Å². The summed E-state index contributed by atoms with van der Waals surface area (Å²) in [6, 6.07) is 5.65. The van der Waals surface area contributed by atoms with Crippen LogP contribution in [0.15, 0.2) is 43.0 Å². The number of amides is 1. The zero-order valence-electron chi connectivity index (χ0n) is 12.7. The summed E-state index contributed by atoms with van der Waals surface area (Å²) in [7, 11) is 0. The third-order valence-electron chi connectivity index (χ3n) is 3.85. The molecule has 0 unspecified atom stereocenters. The number of aromatic nitrogens is 2. The van der Waals surface area contributed by atoms with Crippen molar-refractivity contribution in [3.63, 3.8) is 0 Å². The van der Waals surface area contributed by atoms with Gasteiger partial charge in [0.15, 0.2) is 0 Å². The molecule has 120 valence electrons. The zero-order chi connectivity index (χ0) is 16.1. The van der Waals surface area contributed by atoms with E-state index in [1.165, 1.54) is 30.6 Å². The van der Waals surface area contributed by atoms with Crippen LogP contribution < -0.4 is 0 Å². The van der Waals surface area contributed by atoms with Crippen LogP contribution in [-0.4, -0.2) is 47.1 Å². The SMILES string of the molecule is O=C(c1ccc(F)cc1)N1CCOC[C@@H](Cc2cncnc2)C1. The molecule has 0 spiro atoms. The van der Waals surface area contributed by atoms with Gasteiger partial charge in [0.2, 0.25) is 0 Å². The number of ether oxygens (including phenoxy) is 1. The Morgan fingerprint density at radius 1 is 1.26 bits per heavy atom. The fraction of sp³-hybridized carbons (Fsp3) is 0.353. The maximum atomic E-state index is 13.0. The van der Waals surface area contributed by atoms with Gasteiger partial charge >= 0.3 is 0 Å². The van der Waals surface area contributed by atoms with E-state index in [0.717, 1.165) is 12.0 Å². The Balaban J connectivity index is 1.69. The van der Waals surface area contributed by atoms with Gasteiger partial charge in [0, 0.05) is 37.0 Å². The molecule has 5 nitrogen and oxygen atoms in total. The van der Waals surface area contributed by atoms with Gasteiger partial charge in [0.1, 0.15) is 12.1 Å². The Kier molecular flexibility index (Phi) is 4.92. The molecule has 1 fully saturated rings. The minimum Gasteiger partial charge on any atom is -0.379 e. The maximum Gasteiger partial charge on any atom is 0.253 e. The lowest BCUT2D eigenvalue weighted by molar-refractivity contribution is 0.0737. The summed E-state index contributed by atoms with van der Waals surface area (Å²) in [6.45, 7) is 2.25. The second kappa shape index (κ2) is 7.28. The Bertz CT molecular complexity index is 649. The van der Waals surface area contributed by atoms with Crippen LogP contribution in [0.25, 0.3) is 0 Å². The molecule has 0 saturated carbocycles. The van der Waals surface area contributed by atoms with E-state index < -0.39 is 0 Å². The molecule has 0 bridgehead atoms. The van der Waals surface area contributed by atoms with Crippen molar-refractivity contribution in [1.82, 2.24) is 14.9 Å². The molecule has 1 aromatic carbocycles. The average molecular weight is 315 g/mol. The van der Waals surface area contributed by atoms with E-state index in [9.17, 15) is 9.18 Å². The Hall–Kier alpha value is -2.34. The van der Waals surface area contributed by atoms with Gasteiger partial charge in [0.25, 0.3) is 5.91 Å². The number of carbonyl (C=O) groups excluding carboxylic acids is 1. The summed E-state index contributed by atoms with van der Waals surface area (Å²) >= 11 is 0. The molecule has 23 heavy (non-hydrogen) atoms. The molecule has 2 aromatic rings. The third-order valence-corrected chi connectivity index (χ3v) is 3.85. The van der Waals surface area contributed by atoms with Crippen molar-refractivity contribution >= 4 is 5.91 Å². The summed E-state index contributed by atoms with van der Waals surface area (Å²) in [5.74, 6) is -0.250. The molecule has 1 aliphatic rings. The van der Waals surface area contributed by atoms with Crippen LogP contribution in [0.5, 0.6) is 0 Å². The molecule has 0 radical (unpaired) electrons. The normalized spacial score (nSPS) is 18.5. The van der Waals surface area contributed by atoms with Crippen molar-refractivity contribution in [2.75, 3.05) is 26.3 Å². The highest BCUT2D eigenvalue weighted by Gasteiger charge is 2.23. The molecule has 3 rings (SSSR count). The molecule has 1 amide bonds. The first-order valence-corrected chi connectivity index (χ1v) is 7.59. The summed E-state index contributed by atoms with van der Waals surface area (Å²) in [6.07, 6.45) is 5.82. The molecule has 2 heterocycles. The van der Waals surface area contributed by atoms with E-state index in [1.54, 1.807) is 17.3 Å². The summed E-state index contributed by atoms with van der Waals surface area (Å²) in [5.41, 5.74) is 1.52. The van der Waals surface area contributed by atoms with Gasteiger partial charge in [-0.25, -0.2) is 14.4 Å². The van der Waals surface area contributed by atoms with Crippen molar-refractivity contribution in [1.29, 1.82) is 0 Å². The van der Waals surface area contributed by atoms with Gasteiger partial charge in [-0.2, -0.15) is 0 Å². The highest BCUT2D eigenvalue weighted by molar-refractivity contribution is 5.94. The largest absolute Gasteiger partial charge is 0.379 e. The topological polar surface area (TPSA) is 55.3 Å². The van der Waals surface area contributed by atoms with E-state index in [-0.39, 0.29) is 17.6 Å². The van der Waals surface area contributed by atoms with Crippen molar-refractivity contribution < 1.29 is 13.9 Å². The smallest absolute Gasteiger partial charge is 0.253 e. The van der Waals surface area contributed by atoms with E-state index in [2.05, 4.69) is 9.97 Å². The zero-order valence-corrected chi connectivity index (χ0v) is 12.7. The number of hydrogen-bond donors (Lipinski definition) is 0. The van der Waals surface area contributed by atoms with Gasteiger partial charge in [-0.15, -0.1) is 0 Å². The lowest BCUT2D eigenvalue weighted by Crippen LogP contribution is -2.36. The fourth-order valence-electron chi connectivity index (χ4n) is 2.73. The second-order valence-electron chi connectivity index (χ2n) is 5.65. The molecular formula is C17H18FN3O2. The number of carbonyl (C=O) groups is 1. The van der Waals surface area contributed by atoms with E-state index >= 15 is 0 Å². The van der Waals surface area contributed by atoms with Crippen molar-refractivity contribution in [2.24, 2.45) is 5.92 Å². The van der Waals surface area contributed by atoms with E-state index in [1.807, 2.05) is 0 Å². The fourth-order valence-corrected chi connectivity index (χ4v) is 2.73. The molecule has 1 aromatic heterocycles. The Morgan fingerprint density at radius 3 is 2.74 bits per heavy atom. The first kappa shape index (κ1) is 15.6. The van der Waals surface area contributed by atoms with Gasteiger partial charge in [-0.1, -0.05) is 0 Å². The Morgan fingerprint density at radius 2 is 2.00 bits per heavy atom. The number of rotatable bonds is 3. The standard InChI is InChI=1S/C17H18FN3O2/c18-16-3-1-15(2-4-16)17(22)21-5-6-23-11-14(10-21)7-13-8-19-12-20-9-13/h1-4,8-9,12,14H,5-7,10-11H2/t14-/m0/s1. The highest BCUT2D eigenvalue weighted by Crippen LogP contribution is 2.15. The van der Waals surface area contributed by atoms with Crippen molar-refractivity contribution in [2.45, 2.75) is 6.42 Å². The van der Waals surface area contributed by atoms with Gasteiger partial charge < -0.3 is 9.64 Å². The summed E-state index contributed by atoms with van der Waals surface area (Å²) in [4.78, 5) is 22.4. The van der Waals surface area contributed by atoms with E-state index in [4.69, 9.17) is 4.74 Å². The monoisotopic (exact) mass is 315 g/mol. The predicted octanol–water partition coefficient (Wildman–Crippen LogP) is 1.95.